The van der Waals surface area contributed by atoms with E-state index < -0.39 is 44.7 Å². The zero-order valence-corrected chi connectivity index (χ0v) is 17.1. The minimum absolute atomic E-state index is 0.0224. The molecule has 1 fully saturated rings. The number of carbonyl (C=O) groups excluding carboxylic acids is 1. The van der Waals surface area contributed by atoms with E-state index in [-0.39, 0.29) is 15.6 Å². The summed E-state index contributed by atoms with van der Waals surface area (Å²) >= 11 is 6.05. The van der Waals surface area contributed by atoms with E-state index in [1.54, 1.807) is 0 Å². The van der Waals surface area contributed by atoms with Gasteiger partial charge in [0.2, 0.25) is 15.8 Å². The molecule has 160 valence electrons. The Morgan fingerprint density at radius 2 is 1.93 bits per heavy atom. The molecular weight excluding hydrogens is 441 g/mol. The summed E-state index contributed by atoms with van der Waals surface area (Å²) in [5.41, 5.74) is -0.458. The van der Waals surface area contributed by atoms with Crippen LogP contribution < -0.4 is 10.1 Å². The topological polar surface area (TPSA) is 119 Å². The highest BCUT2D eigenvalue weighted by atomic mass is 35.5. The van der Waals surface area contributed by atoms with Crippen LogP contribution in [-0.2, 0) is 14.8 Å². The van der Waals surface area contributed by atoms with Gasteiger partial charge < -0.3 is 10.1 Å². The van der Waals surface area contributed by atoms with Gasteiger partial charge in [-0.2, -0.15) is 4.31 Å². The Labute approximate surface area is 176 Å². The predicted octanol–water partition coefficient (Wildman–Crippen LogP) is 3.19. The number of sulfonamides is 1. The van der Waals surface area contributed by atoms with Gasteiger partial charge in [-0.15, -0.1) is 0 Å². The lowest BCUT2D eigenvalue weighted by atomic mass is 10.3. The van der Waals surface area contributed by atoms with Crippen LogP contribution >= 0.6 is 11.6 Å². The zero-order valence-electron chi connectivity index (χ0n) is 15.5. The highest BCUT2D eigenvalue weighted by Crippen LogP contribution is 2.29. The van der Waals surface area contributed by atoms with Crippen molar-refractivity contribution < 1.29 is 27.3 Å². The Morgan fingerprint density at radius 1 is 1.23 bits per heavy atom. The average Bonchev–Trinajstić information content (AvgIpc) is 3.23. The minimum Gasteiger partial charge on any atom is -0.477 e. The van der Waals surface area contributed by atoms with E-state index in [1.807, 2.05) is 0 Å². The number of nitro benzene ring substituents is 1. The fraction of sp³-hybridized carbons (Fsp3) is 0.278. The normalized spacial score (nSPS) is 14.5. The van der Waals surface area contributed by atoms with Crippen LogP contribution in [0, 0.1) is 15.9 Å². The number of anilines is 1. The SMILES string of the molecule is O=C(COc1cc(F)ccc1[N+](=O)[O-])Nc1cc(S(=O)(=O)N2CCCC2)ccc1Cl. The summed E-state index contributed by atoms with van der Waals surface area (Å²) in [5.74, 6) is -1.93. The van der Waals surface area contributed by atoms with Gasteiger partial charge in [-0.05, 0) is 37.1 Å². The molecule has 1 heterocycles. The van der Waals surface area contributed by atoms with Gasteiger partial charge in [-0.3, -0.25) is 14.9 Å². The number of ether oxygens (including phenoxy) is 1. The minimum atomic E-state index is -3.71. The largest absolute Gasteiger partial charge is 0.477 e. The summed E-state index contributed by atoms with van der Waals surface area (Å²) in [7, 11) is -3.71. The third kappa shape index (κ3) is 4.86. The van der Waals surface area contributed by atoms with Crippen LogP contribution in [0.5, 0.6) is 5.75 Å². The van der Waals surface area contributed by atoms with Crippen molar-refractivity contribution in [3.63, 3.8) is 0 Å². The number of hydrogen-bond donors (Lipinski definition) is 1. The number of hydrogen-bond acceptors (Lipinski definition) is 6. The lowest BCUT2D eigenvalue weighted by Crippen LogP contribution is -2.28. The number of rotatable bonds is 7. The van der Waals surface area contributed by atoms with Gasteiger partial charge in [0.05, 0.1) is 20.5 Å². The van der Waals surface area contributed by atoms with E-state index in [1.165, 1.54) is 22.5 Å². The monoisotopic (exact) mass is 457 g/mol. The fourth-order valence-electron chi connectivity index (χ4n) is 2.92. The van der Waals surface area contributed by atoms with Gasteiger partial charge in [0, 0.05) is 25.2 Å². The maximum atomic E-state index is 13.3. The first-order valence-electron chi connectivity index (χ1n) is 8.85. The van der Waals surface area contributed by atoms with Crippen LogP contribution in [0.4, 0.5) is 15.8 Å². The van der Waals surface area contributed by atoms with Gasteiger partial charge in [0.25, 0.3) is 5.91 Å². The van der Waals surface area contributed by atoms with Crippen molar-refractivity contribution in [2.45, 2.75) is 17.7 Å². The third-order valence-corrected chi connectivity index (χ3v) is 6.62. The van der Waals surface area contributed by atoms with Crippen LogP contribution in [0.3, 0.4) is 0 Å². The second kappa shape index (κ2) is 8.94. The molecule has 0 aliphatic carbocycles. The molecule has 1 aliphatic rings. The number of nitrogens with zero attached hydrogens (tertiary/aromatic N) is 2. The van der Waals surface area contributed by atoms with Crippen molar-refractivity contribution in [1.29, 1.82) is 0 Å². The molecule has 0 radical (unpaired) electrons. The Hall–Kier alpha value is -2.76. The summed E-state index contributed by atoms with van der Waals surface area (Å²) in [5, 5.41) is 13.5. The molecular formula is C18H17ClFN3O6S. The molecule has 0 aromatic heterocycles. The average molecular weight is 458 g/mol. The number of carbonyl (C=O) groups is 1. The second-order valence-corrected chi connectivity index (χ2v) is 8.80. The Balaban J connectivity index is 1.73. The smallest absolute Gasteiger partial charge is 0.311 e. The molecule has 0 bridgehead atoms. The molecule has 30 heavy (non-hydrogen) atoms. The Kier molecular flexibility index (Phi) is 6.54. The lowest BCUT2D eigenvalue weighted by Gasteiger charge is -2.17. The van der Waals surface area contributed by atoms with Crippen molar-refractivity contribution in [2.75, 3.05) is 25.0 Å². The first-order valence-corrected chi connectivity index (χ1v) is 10.7. The van der Waals surface area contributed by atoms with E-state index in [4.69, 9.17) is 16.3 Å². The highest BCUT2D eigenvalue weighted by Gasteiger charge is 2.28. The van der Waals surface area contributed by atoms with Crippen molar-refractivity contribution in [2.24, 2.45) is 0 Å². The third-order valence-electron chi connectivity index (χ3n) is 4.39. The standard InChI is InChI=1S/C18H17ClFN3O6S/c19-14-5-4-13(30(27,28)22-7-1-2-8-22)10-15(14)21-18(24)11-29-17-9-12(20)3-6-16(17)23(25)26/h3-6,9-10H,1-2,7-8,11H2,(H,21,24). The predicted molar refractivity (Wildman–Crippen MR) is 107 cm³/mol. The summed E-state index contributed by atoms with van der Waals surface area (Å²) in [6.45, 7) is 0.170. The molecule has 12 heteroatoms. The van der Waals surface area contributed by atoms with Crippen LogP contribution in [0.25, 0.3) is 0 Å². The van der Waals surface area contributed by atoms with Gasteiger partial charge in [-0.1, -0.05) is 11.6 Å². The van der Waals surface area contributed by atoms with Crippen LogP contribution in [0.15, 0.2) is 41.3 Å². The summed E-state index contributed by atoms with van der Waals surface area (Å²) in [6.07, 6.45) is 1.56. The quantitative estimate of drug-likeness (QED) is 0.503. The fourth-order valence-corrected chi connectivity index (χ4v) is 4.63. The van der Waals surface area contributed by atoms with Crippen LogP contribution in [0.1, 0.15) is 12.8 Å². The van der Waals surface area contributed by atoms with Crippen molar-refractivity contribution in [3.05, 3.63) is 57.4 Å². The molecule has 3 rings (SSSR count). The van der Waals surface area contributed by atoms with Crippen molar-refractivity contribution in [3.8, 4) is 5.75 Å². The van der Waals surface area contributed by atoms with Gasteiger partial charge in [0.15, 0.2) is 6.61 Å². The van der Waals surface area contributed by atoms with E-state index in [0.717, 1.165) is 31.0 Å². The molecule has 2 aromatic rings. The first kappa shape index (κ1) is 21.9. The van der Waals surface area contributed by atoms with Crippen LogP contribution in [-0.4, -0.2) is 43.2 Å². The molecule has 0 spiro atoms. The van der Waals surface area contributed by atoms with E-state index in [0.29, 0.717) is 13.1 Å². The molecule has 2 aromatic carbocycles. The lowest BCUT2D eigenvalue weighted by molar-refractivity contribution is -0.385. The second-order valence-electron chi connectivity index (χ2n) is 6.46. The van der Waals surface area contributed by atoms with E-state index >= 15 is 0 Å². The van der Waals surface area contributed by atoms with Gasteiger partial charge in [0.1, 0.15) is 5.82 Å². The maximum Gasteiger partial charge on any atom is 0.311 e. The molecule has 0 unspecified atom stereocenters. The summed E-state index contributed by atoms with van der Waals surface area (Å²) < 4.78 is 45.1. The zero-order chi connectivity index (χ0) is 21.9. The number of benzene rings is 2. The molecule has 0 saturated carbocycles. The Bertz CT molecular complexity index is 1090. The number of nitrogens with one attached hydrogen (secondary N) is 1. The number of halogens is 2. The molecule has 1 aliphatic heterocycles. The molecule has 1 saturated heterocycles. The molecule has 9 nitrogen and oxygen atoms in total. The van der Waals surface area contributed by atoms with Crippen molar-refractivity contribution >= 4 is 38.9 Å². The molecule has 1 amide bonds. The Morgan fingerprint density at radius 3 is 2.60 bits per heavy atom. The summed E-state index contributed by atoms with van der Waals surface area (Å²) in [6, 6.07) is 6.54. The van der Waals surface area contributed by atoms with Gasteiger partial charge in [-0.25, -0.2) is 12.8 Å². The highest BCUT2D eigenvalue weighted by molar-refractivity contribution is 7.89. The van der Waals surface area contributed by atoms with E-state index in [2.05, 4.69) is 5.32 Å². The van der Waals surface area contributed by atoms with Crippen molar-refractivity contribution in [1.82, 2.24) is 4.31 Å². The maximum absolute atomic E-state index is 13.3. The van der Waals surface area contributed by atoms with E-state index in [9.17, 15) is 27.7 Å². The number of nitro groups is 1. The molecule has 0 atom stereocenters. The molecule has 1 N–H and O–H groups in total. The van der Waals surface area contributed by atoms with Gasteiger partial charge >= 0.3 is 5.69 Å². The number of amides is 1. The summed E-state index contributed by atoms with van der Waals surface area (Å²) in [4.78, 5) is 22.4. The van der Waals surface area contributed by atoms with Crippen LogP contribution in [0.2, 0.25) is 5.02 Å². The first-order chi connectivity index (χ1) is 14.2.